The molecule has 0 bridgehead atoms. The normalized spacial score (nSPS) is 23.1. The van der Waals surface area contributed by atoms with Gasteiger partial charge in [-0.15, -0.1) is 0 Å². The summed E-state index contributed by atoms with van der Waals surface area (Å²) >= 11 is 0. The first-order chi connectivity index (χ1) is 9.76. The van der Waals surface area contributed by atoms with E-state index in [1.165, 1.54) is 24.8 Å². The summed E-state index contributed by atoms with van der Waals surface area (Å²) in [6, 6.07) is 5.14. The number of piperidine rings is 1. The van der Waals surface area contributed by atoms with Crippen LogP contribution in [-0.2, 0) is 11.3 Å². The Morgan fingerprint density at radius 2 is 2.20 bits per heavy atom. The van der Waals surface area contributed by atoms with Gasteiger partial charge in [0.2, 0.25) is 0 Å². The van der Waals surface area contributed by atoms with Crippen molar-refractivity contribution in [3.05, 3.63) is 23.4 Å². The average molecular weight is 275 g/mol. The van der Waals surface area contributed by atoms with Crippen LogP contribution in [-0.4, -0.2) is 37.3 Å². The maximum Gasteiger partial charge on any atom is 0.128 e. The van der Waals surface area contributed by atoms with E-state index < -0.39 is 0 Å². The molecule has 1 N–H and O–H groups in total. The highest BCUT2D eigenvalue weighted by atomic mass is 16.5. The third-order valence-corrected chi connectivity index (χ3v) is 4.37. The molecular formula is C16H25N3O. The van der Waals surface area contributed by atoms with Crippen LogP contribution in [0.3, 0.4) is 0 Å². The van der Waals surface area contributed by atoms with E-state index in [1.54, 1.807) is 7.11 Å². The fourth-order valence-corrected chi connectivity index (χ4v) is 2.82. The molecule has 1 saturated heterocycles. The smallest absolute Gasteiger partial charge is 0.128 e. The van der Waals surface area contributed by atoms with Crippen molar-refractivity contribution < 1.29 is 4.74 Å². The van der Waals surface area contributed by atoms with Crippen LogP contribution in [0.4, 0.5) is 5.82 Å². The molecule has 0 radical (unpaired) electrons. The molecule has 1 aliphatic carbocycles. The number of nitrogens with one attached hydrogen (secondary N) is 1. The molecule has 1 aliphatic heterocycles. The fourth-order valence-electron chi connectivity index (χ4n) is 2.82. The SMILES string of the molecule is COC1CCCN(c2ccc(CNC3CC3)c(C)n2)C1. The minimum atomic E-state index is 0.349. The van der Waals surface area contributed by atoms with Crippen molar-refractivity contribution in [1.82, 2.24) is 10.3 Å². The Bertz CT molecular complexity index is 459. The molecule has 3 rings (SSSR count). The summed E-state index contributed by atoms with van der Waals surface area (Å²) in [5, 5.41) is 3.56. The maximum absolute atomic E-state index is 5.49. The second-order valence-electron chi connectivity index (χ2n) is 6.02. The van der Waals surface area contributed by atoms with Gasteiger partial charge in [0.05, 0.1) is 6.10 Å². The lowest BCUT2D eigenvalue weighted by Gasteiger charge is -2.33. The Morgan fingerprint density at radius 3 is 2.90 bits per heavy atom. The molecule has 2 heterocycles. The summed E-state index contributed by atoms with van der Waals surface area (Å²) in [7, 11) is 1.81. The summed E-state index contributed by atoms with van der Waals surface area (Å²) in [6.07, 6.45) is 5.36. The number of rotatable bonds is 5. The van der Waals surface area contributed by atoms with Crippen LogP contribution in [0.2, 0.25) is 0 Å². The first kappa shape index (κ1) is 13.8. The van der Waals surface area contributed by atoms with Crippen LogP contribution in [0.25, 0.3) is 0 Å². The highest BCUT2D eigenvalue weighted by molar-refractivity contribution is 5.42. The van der Waals surface area contributed by atoms with Crippen molar-refractivity contribution in [3.8, 4) is 0 Å². The molecular weight excluding hydrogens is 250 g/mol. The number of methoxy groups -OCH3 is 1. The van der Waals surface area contributed by atoms with Gasteiger partial charge >= 0.3 is 0 Å². The molecule has 110 valence electrons. The topological polar surface area (TPSA) is 37.4 Å². The summed E-state index contributed by atoms with van der Waals surface area (Å²) in [6.45, 7) is 5.12. The van der Waals surface area contributed by atoms with Gasteiger partial charge in [0.1, 0.15) is 5.82 Å². The standard InChI is InChI=1S/C16H25N3O/c1-12-13(10-17-14-6-7-14)5-8-16(18-12)19-9-3-4-15(11-19)20-2/h5,8,14-15,17H,3-4,6-7,9-11H2,1-2H3. The van der Waals surface area contributed by atoms with Gasteiger partial charge < -0.3 is 15.0 Å². The zero-order valence-electron chi connectivity index (χ0n) is 12.6. The predicted molar refractivity (Wildman–Crippen MR) is 81.1 cm³/mol. The van der Waals surface area contributed by atoms with Crippen molar-refractivity contribution in [2.75, 3.05) is 25.1 Å². The van der Waals surface area contributed by atoms with E-state index in [1.807, 2.05) is 0 Å². The lowest BCUT2D eigenvalue weighted by Crippen LogP contribution is -2.39. The highest BCUT2D eigenvalue weighted by Gasteiger charge is 2.22. The molecule has 0 spiro atoms. The van der Waals surface area contributed by atoms with Crippen molar-refractivity contribution >= 4 is 5.82 Å². The third kappa shape index (κ3) is 3.30. The number of aromatic nitrogens is 1. The number of pyridine rings is 1. The first-order valence-corrected chi connectivity index (χ1v) is 7.74. The minimum Gasteiger partial charge on any atom is -0.380 e. The number of hydrogen-bond donors (Lipinski definition) is 1. The molecule has 2 aliphatic rings. The molecule has 2 fully saturated rings. The number of nitrogens with zero attached hydrogens (tertiary/aromatic N) is 2. The molecule has 0 aromatic carbocycles. The van der Waals surface area contributed by atoms with Gasteiger partial charge in [-0.1, -0.05) is 6.07 Å². The van der Waals surface area contributed by atoms with Crippen LogP contribution >= 0.6 is 0 Å². The zero-order chi connectivity index (χ0) is 13.9. The quantitative estimate of drug-likeness (QED) is 0.894. The molecule has 20 heavy (non-hydrogen) atoms. The van der Waals surface area contributed by atoms with Gasteiger partial charge in [0.15, 0.2) is 0 Å². The Balaban J connectivity index is 1.65. The number of hydrogen-bond acceptors (Lipinski definition) is 4. The van der Waals surface area contributed by atoms with Gasteiger partial charge in [-0.3, -0.25) is 0 Å². The highest BCUT2D eigenvalue weighted by Crippen LogP contribution is 2.22. The van der Waals surface area contributed by atoms with E-state index in [0.29, 0.717) is 6.10 Å². The van der Waals surface area contributed by atoms with Crippen LogP contribution < -0.4 is 10.2 Å². The van der Waals surface area contributed by atoms with Gasteiger partial charge in [0, 0.05) is 38.5 Å². The molecule has 0 amide bonds. The van der Waals surface area contributed by atoms with E-state index in [4.69, 9.17) is 9.72 Å². The van der Waals surface area contributed by atoms with Gasteiger partial charge in [-0.25, -0.2) is 4.98 Å². The van der Waals surface area contributed by atoms with Gasteiger partial charge in [-0.2, -0.15) is 0 Å². The predicted octanol–water partition coefficient (Wildman–Crippen LogP) is 2.26. The average Bonchev–Trinajstić information content (AvgIpc) is 3.30. The summed E-state index contributed by atoms with van der Waals surface area (Å²) in [4.78, 5) is 7.14. The Morgan fingerprint density at radius 1 is 1.35 bits per heavy atom. The lowest BCUT2D eigenvalue weighted by atomic mass is 10.1. The van der Waals surface area contributed by atoms with Crippen LogP contribution in [0.15, 0.2) is 12.1 Å². The van der Waals surface area contributed by atoms with Crippen molar-refractivity contribution in [1.29, 1.82) is 0 Å². The maximum atomic E-state index is 5.49. The van der Waals surface area contributed by atoms with E-state index in [9.17, 15) is 0 Å². The number of anilines is 1. The second-order valence-corrected chi connectivity index (χ2v) is 6.02. The molecule has 4 nitrogen and oxygen atoms in total. The summed E-state index contributed by atoms with van der Waals surface area (Å²) in [5.41, 5.74) is 2.47. The summed E-state index contributed by atoms with van der Waals surface area (Å²) < 4.78 is 5.49. The number of ether oxygens (including phenoxy) is 1. The molecule has 1 aromatic rings. The van der Waals surface area contributed by atoms with Crippen molar-refractivity contribution in [3.63, 3.8) is 0 Å². The van der Waals surface area contributed by atoms with Crippen molar-refractivity contribution in [2.24, 2.45) is 0 Å². The Hall–Kier alpha value is -1.13. The monoisotopic (exact) mass is 275 g/mol. The van der Waals surface area contributed by atoms with Crippen LogP contribution in [0, 0.1) is 6.92 Å². The van der Waals surface area contributed by atoms with E-state index >= 15 is 0 Å². The molecule has 1 aromatic heterocycles. The Kier molecular flexibility index (Phi) is 4.22. The van der Waals surface area contributed by atoms with E-state index in [0.717, 1.165) is 43.6 Å². The van der Waals surface area contributed by atoms with Crippen LogP contribution in [0.5, 0.6) is 0 Å². The van der Waals surface area contributed by atoms with E-state index in [2.05, 4.69) is 29.3 Å². The van der Waals surface area contributed by atoms with Crippen molar-refractivity contribution in [2.45, 2.75) is 51.3 Å². The molecule has 1 unspecified atom stereocenters. The first-order valence-electron chi connectivity index (χ1n) is 7.74. The van der Waals surface area contributed by atoms with Crippen LogP contribution in [0.1, 0.15) is 36.9 Å². The lowest BCUT2D eigenvalue weighted by molar-refractivity contribution is 0.0891. The molecule has 1 saturated carbocycles. The Labute approximate surface area is 121 Å². The largest absolute Gasteiger partial charge is 0.380 e. The fraction of sp³-hybridized carbons (Fsp3) is 0.688. The number of aryl methyl sites for hydroxylation is 1. The second kappa shape index (κ2) is 6.10. The molecule has 1 atom stereocenters. The zero-order valence-corrected chi connectivity index (χ0v) is 12.6. The van der Waals surface area contributed by atoms with Gasteiger partial charge in [-0.05, 0) is 44.2 Å². The molecule has 4 heteroatoms. The van der Waals surface area contributed by atoms with E-state index in [-0.39, 0.29) is 0 Å². The van der Waals surface area contributed by atoms with Gasteiger partial charge in [0.25, 0.3) is 0 Å². The summed E-state index contributed by atoms with van der Waals surface area (Å²) in [5.74, 6) is 1.10. The third-order valence-electron chi connectivity index (χ3n) is 4.37. The minimum absolute atomic E-state index is 0.349.